The minimum atomic E-state index is -0.709. The highest BCUT2D eigenvalue weighted by Crippen LogP contribution is 2.43. The summed E-state index contributed by atoms with van der Waals surface area (Å²) in [5, 5.41) is 3.68. The molecular weight excluding hydrogens is 526 g/mol. The van der Waals surface area contributed by atoms with Crippen LogP contribution in [-0.4, -0.2) is 53.3 Å². The second-order valence-corrected chi connectivity index (χ2v) is 10.6. The van der Waals surface area contributed by atoms with Crippen molar-refractivity contribution in [1.82, 2.24) is 19.9 Å². The number of pyridine rings is 4. The monoisotopic (exact) mass is 552 g/mol. The average molecular weight is 553 g/mol. The summed E-state index contributed by atoms with van der Waals surface area (Å²) in [4.78, 5) is 20.4. The fraction of sp³-hybridized carbons (Fsp3) is 0.226. The summed E-state index contributed by atoms with van der Waals surface area (Å²) in [7, 11) is 1.58. The van der Waals surface area contributed by atoms with E-state index in [0.29, 0.717) is 34.1 Å². The summed E-state index contributed by atoms with van der Waals surface area (Å²) in [6, 6.07) is 11.4. The first-order valence-electron chi connectivity index (χ1n) is 13.2. The number of anilines is 3. The largest absolute Gasteiger partial charge is 0.495 e. The van der Waals surface area contributed by atoms with E-state index in [1.54, 1.807) is 38.0 Å². The molecule has 2 fully saturated rings. The van der Waals surface area contributed by atoms with E-state index in [1.807, 2.05) is 31.2 Å². The molecule has 0 atom stereocenters. The van der Waals surface area contributed by atoms with Gasteiger partial charge in [-0.25, -0.2) is 18.7 Å². The highest BCUT2D eigenvalue weighted by Gasteiger charge is 2.49. The SMILES string of the molecule is COc1cncc(-c2cnc(N3CC4(COC4)C3)cc2Nc2c(C)c(-c3ccccn3)nc3cc(F)cc(F)c23)c1. The zero-order valence-electron chi connectivity index (χ0n) is 22.5. The third kappa shape index (κ3) is 4.40. The molecule has 0 bridgehead atoms. The summed E-state index contributed by atoms with van der Waals surface area (Å²) < 4.78 is 40.7. The molecule has 4 aromatic heterocycles. The molecular formula is C31H26F2N6O2. The normalized spacial score (nSPS) is 15.5. The van der Waals surface area contributed by atoms with Gasteiger partial charge in [0.05, 0.1) is 65.6 Å². The first-order chi connectivity index (χ1) is 19.9. The molecule has 1 N–H and O–H groups in total. The number of halogens is 2. The quantitative estimate of drug-likeness (QED) is 0.278. The van der Waals surface area contributed by atoms with Crippen molar-refractivity contribution in [2.75, 3.05) is 43.6 Å². The van der Waals surface area contributed by atoms with E-state index in [0.717, 1.165) is 49.3 Å². The van der Waals surface area contributed by atoms with Crippen molar-refractivity contribution < 1.29 is 18.3 Å². The molecule has 0 radical (unpaired) electrons. The van der Waals surface area contributed by atoms with Crippen LogP contribution >= 0.6 is 0 Å². The minimum Gasteiger partial charge on any atom is -0.495 e. The summed E-state index contributed by atoms with van der Waals surface area (Å²) in [5.41, 5.74) is 4.85. The van der Waals surface area contributed by atoms with E-state index in [4.69, 9.17) is 14.5 Å². The number of nitrogens with one attached hydrogen (secondary N) is 1. The maximum absolute atomic E-state index is 15.5. The Hall–Kier alpha value is -4.70. The highest BCUT2D eigenvalue weighted by molar-refractivity contribution is 5.99. The maximum atomic E-state index is 15.5. The van der Waals surface area contributed by atoms with Crippen LogP contribution in [0.1, 0.15) is 5.56 Å². The van der Waals surface area contributed by atoms with Crippen molar-refractivity contribution in [1.29, 1.82) is 0 Å². The number of hydrogen-bond donors (Lipinski definition) is 1. The summed E-state index contributed by atoms with van der Waals surface area (Å²) >= 11 is 0. The Labute approximate surface area is 235 Å². The fourth-order valence-corrected chi connectivity index (χ4v) is 5.58. The molecule has 206 valence electrons. The van der Waals surface area contributed by atoms with Gasteiger partial charge < -0.3 is 19.7 Å². The Kier molecular flexibility index (Phi) is 6.01. The number of methoxy groups -OCH3 is 1. The lowest BCUT2D eigenvalue weighted by atomic mass is 9.78. The van der Waals surface area contributed by atoms with Crippen molar-refractivity contribution >= 4 is 28.1 Å². The maximum Gasteiger partial charge on any atom is 0.137 e. The highest BCUT2D eigenvalue weighted by atomic mass is 19.1. The van der Waals surface area contributed by atoms with Crippen LogP contribution in [0.5, 0.6) is 5.75 Å². The average Bonchev–Trinajstić information content (AvgIpc) is 2.93. The molecule has 1 aromatic carbocycles. The van der Waals surface area contributed by atoms with Crippen LogP contribution in [0.4, 0.5) is 26.0 Å². The van der Waals surface area contributed by atoms with Gasteiger partial charge in [0, 0.05) is 66.6 Å². The molecule has 0 unspecified atom stereocenters. The van der Waals surface area contributed by atoms with Crippen LogP contribution in [0.25, 0.3) is 33.4 Å². The molecule has 41 heavy (non-hydrogen) atoms. The number of fused-ring (bicyclic) bond motifs is 1. The van der Waals surface area contributed by atoms with E-state index in [-0.39, 0.29) is 16.3 Å². The predicted molar refractivity (Wildman–Crippen MR) is 152 cm³/mol. The van der Waals surface area contributed by atoms with Crippen molar-refractivity contribution in [3.8, 4) is 28.3 Å². The molecule has 8 nitrogen and oxygen atoms in total. The van der Waals surface area contributed by atoms with E-state index in [2.05, 4.69) is 25.2 Å². The number of ether oxygens (including phenoxy) is 2. The molecule has 10 heteroatoms. The van der Waals surface area contributed by atoms with Gasteiger partial charge in [-0.15, -0.1) is 0 Å². The Bertz CT molecular complexity index is 1790. The molecule has 6 heterocycles. The number of hydrogen-bond acceptors (Lipinski definition) is 8. The predicted octanol–water partition coefficient (Wildman–Crippen LogP) is 5.93. The van der Waals surface area contributed by atoms with Gasteiger partial charge in [0.1, 0.15) is 23.2 Å². The Balaban J connectivity index is 1.40. The van der Waals surface area contributed by atoms with Crippen molar-refractivity contribution in [2.24, 2.45) is 5.41 Å². The molecule has 0 saturated carbocycles. The third-order valence-electron chi connectivity index (χ3n) is 7.76. The molecule has 2 aliphatic heterocycles. The number of nitrogens with zero attached hydrogens (tertiary/aromatic N) is 5. The number of rotatable bonds is 6. The molecule has 5 aromatic rings. The van der Waals surface area contributed by atoms with E-state index < -0.39 is 11.6 Å². The minimum absolute atomic E-state index is 0.185. The van der Waals surface area contributed by atoms with Gasteiger partial charge in [0.15, 0.2) is 0 Å². The lowest BCUT2D eigenvalue weighted by Gasteiger charge is -2.55. The number of aromatic nitrogens is 4. The van der Waals surface area contributed by atoms with Gasteiger partial charge in [-0.3, -0.25) is 9.97 Å². The zero-order chi connectivity index (χ0) is 28.1. The van der Waals surface area contributed by atoms with Crippen LogP contribution in [0.2, 0.25) is 0 Å². The first kappa shape index (κ1) is 25.3. The topological polar surface area (TPSA) is 85.3 Å². The standard InChI is InChI=1S/C31H26F2N6O2/c1-18-29(24-5-3-4-6-35-24)38-26-9-20(32)8-23(33)28(26)30(18)37-25-10-27(39-14-31(15-39)16-41-17-31)36-13-22(25)19-7-21(40-2)12-34-11-19/h3-13H,14-17H2,1-2H3,(H,36,37,38). The fourth-order valence-electron chi connectivity index (χ4n) is 5.58. The molecule has 1 spiro atoms. The van der Waals surface area contributed by atoms with E-state index in [1.165, 1.54) is 6.07 Å². The lowest BCUT2D eigenvalue weighted by molar-refractivity contribution is -0.127. The molecule has 0 aliphatic carbocycles. The molecule has 0 amide bonds. The van der Waals surface area contributed by atoms with E-state index in [9.17, 15) is 4.39 Å². The van der Waals surface area contributed by atoms with Crippen LogP contribution in [-0.2, 0) is 4.74 Å². The van der Waals surface area contributed by atoms with Gasteiger partial charge in [0.2, 0.25) is 0 Å². The van der Waals surface area contributed by atoms with Crippen molar-refractivity contribution in [3.63, 3.8) is 0 Å². The summed E-state index contributed by atoms with van der Waals surface area (Å²) in [6.07, 6.45) is 6.80. The van der Waals surface area contributed by atoms with Gasteiger partial charge in [0.25, 0.3) is 0 Å². The summed E-state index contributed by atoms with van der Waals surface area (Å²) in [6.45, 7) is 5.09. The summed E-state index contributed by atoms with van der Waals surface area (Å²) in [5.74, 6) is -0.0293. The molecule has 2 aliphatic rings. The molecule has 2 saturated heterocycles. The van der Waals surface area contributed by atoms with Crippen LogP contribution in [0.15, 0.2) is 67.3 Å². The van der Waals surface area contributed by atoms with Gasteiger partial charge in [-0.05, 0) is 25.1 Å². The van der Waals surface area contributed by atoms with Crippen LogP contribution in [0.3, 0.4) is 0 Å². The Morgan fingerprint density at radius 3 is 2.61 bits per heavy atom. The lowest BCUT2D eigenvalue weighted by Crippen LogP contribution is -2.66. The van der Waals surface area contributed by atoms with Crippen LogP contribution in [0, 0.1) is 24.0 Å². The Morgan fingerprint density at radius 2 is 1.88 bits per heavy atom. The van der Waals surface area contributed by atoms with Crippen LogP contribution < -0.4 is 15.0 Å². The van der Waals surface area contributed by atoms with Gasteiger partial charge in [-0.2, -0.15) is 0 Å². The number of benzene rings is 1. The van der Waals surface area contributed by atoms with Gasteiger partial charge in [-0.1, -0.05) is 6.07 Å². The van der Waals surface area contributed by atoms with Gasteiger partial charge >= 0.3 is 0 Å². The smallest absolute Gasteiger partial charge is 0.137 e. The first-order valence-corrected chi connectivity index (χ1v) is 13.2. The van der Waals surface area contributed by atoms with Crippen molar-refractivity contribution in [2.45, 2.75) is 6.92 Å². The second-order valence-electron chi connectivity index (χ2n) is 10.6. The van der Waals surface area contributed by atoms with Crippen molar-refractivity contribution in [3.05, 3.63) is 84.4 Å². The zero-order valence-corrected chi connectivity index (χ0v) is 22.5. The molecule has 7 rings (SSSR count). The van der Waals surface area contributed by atoms with E-state index >= 15 is 4.39 Å². The third-order valence-corrected chi connectivity index (χ3v) is 7.76. The second kappa shape index (κ2) is 9.74. The Morgan fingerprint density at radius 1 is 1.02 bits per heavy atom.